The maximum absolute atomic E-state index is 14.1. The summed E-state index contributed by atoms with van der Waals surface area (Å²) in [4.78, 5) is 5.73. The second kappa shape index (κ2) is 5.60. The number of nitrogens with zero attached hydrogens (tertiary/aromatic N) is 2. The number of benzene rings is 1. The molecule has 0 aliphatic carbocycles. The SMILES string of the molecule is Cc1cc(C2=C(O)C=CCN2c2ccc(F)cc2F)ccn1. The number of rotatable bonds is 2. The highest BCUT2D eigenvalue weighted by molar-refractivity contribution is 5.83. The van der Waals surface area contributed by atoms with Crippen molar-refractivity contribution in [1.29, 1.82) is 0 Å². The number of hydrogen-bond acceptors (Lipinski definition) is 3. The lowest BCUT2D eigenvalue weighted by atomic mass is 10.1. The van der Waals surface area contributed by atoms with Crippen LogP contribution < -0.4 is 4.90 Å². The van der Waals surface area contributed by atoms with E-state index in [1.807, 2.05) is 6.92 Å². The van der Waals surface area contributed by atoms with Crippen molar-refractivity contribution in [3.63, 3.8) is 0 Å². The van der Waals surface area contributed by atoms with Crippen LogP contribution in [0.2, 0.25) is 0 Å². The summed E-state index contributed by atoms with van der Waals surface area (Å²) >= 11 is 0. The summed E-state index contributed by atoms with van der Waals surface area (Å²) in [5.41, 5.74) is 2.19. The zero-order valence-electron chi connectivity index (χ0n) is 11.9. The molecule has 1 aliphatic heterocycles. The van der Waals surface area contributed by atoms with E-state index < -0.39 is 11.6 Å². The fraction of sp³-hybridized carbons (Fsp3) is 0.118. The average molecular weight is 300 g/mol. The Hall–Kier alpha value is -2.69. The van der Waals surface area contributed by atoms with Crippen molar-refractivity contribution >= 4 is 11.4 Å². The molecule has 112 valence electrons. The molecule has 0 spiro atoms. The van der Waals surface area contributed by atoms with E-state index in [1.54, 1.807) is 35.4 Å². The van der Waals surface area contributed by atoms with E-state index >= 15 is 0 Å². The van der Waals surface area contributed by atoms with Gasteiger partial charge < -0.3 is 10.0 Å². The van der Waals surface area contributed by atoms with Crippen molar-refractivity contribution in [2.75, 3.05) is 11.4 Å². The zero-order valence-corrected chi connectivity index (χ0v) is 11.9. The van der Waals surface area contributed by atoms with Crippen LogP contribution in [0.4, 0.5) is 14.5 Å². The molecule has 1 aromatic carbocycles. The second-order valence-corrected chi connectivity index (χ2v) is 5.03. The summed E-state index contributed by atoms with van der Waals surface area (Å²) in [7, 11) is 0. The van der Waals surface area contributed by atoms with Gasteiger partial charge in [-0.3, -0.25) is 4.98 Å². The van der Waals surface area contributed by atoms with Gasteiger partial charge in [0, 0.05) is 30.1 Å². The number of aryl methyl sites for hydroxylation is 1. The maximum atomic E-state index is 14.1. The fourth-order valence-electron chi connectivity index (χ4n) is 2.49. The summed E-state index contributed by atoms with van der Waals surface area (Å²) in [6.07, 6.45) is 4.92. The van der Waals surface area contributed by atoms with Gasteiger partial charge in [-0.1, -0.05) is 6.08 Å². The molecule has 2 aromatic rings. The van der Waals surface area contributed by atoms with Crippen molar-refractivity contribution in [2.45, 2.75) is 6.92 Å². The Bertz CT molecular complexity index is 784. The molecular weight excluding hydrogens is 286 g/mol. The minimum absolute atomic E-state index is 0.0283. The summed E-state index contributed by atoms with van der Waals surface area (Å²) in [6, 6.07) is 6.94. The van der Waals surface area contributed by atoms with E-state index in [-0.39, 0.29) is 11.4 Å². The van der Waals surface area contributed by atoms with E-state index in [0.29, 0.717) is 12.2 Å². The predicted octanol–water partition coefficient (Wildman–Crippen LogP) is 3.97. The van der Waals surface area contributed by atoms with Crippen LogP contribution in [0.1, 0.15) is 11.3 Å². The molecule has 0 atom stereocenters. The quantitative estimate of drug-likeness (QED) is 0.911. The van der Waals surface area contributed by atoms with Gasteiger partial charge in [0.15, 0.2) is 0 Å². The molecule has 0 amide bonds. The largest absolute Gasteiger partial charge is 0.506 e. The zero-order chi connectivity index (χ0) is 15.7. The number of pyridine rings is 1. The molecule has 0 fully saturated rings. The van der Waals surface area contributed by atoms with Gasteiger partial charge in [-0.2, -0.15) is 0 Å². The van der Waals surface area contributed by atoms with Gasteiger partial charge >= 0.3 is 0 Å². The van der Waals surface area contributed by atoms with Gasteiger partial charge in [-0.25, -0.2) is 8.78 Å². The Morgan fingerprint density at radius 1 is 1.18 bits per heavy atom. The first-order valence-corrected chi connectivity index (χ1v) is 6.81. The molecule has 1 aliphatic rings. The third-order valence-corrected chi connectivity index (χ3v) is 3.45. The lowest BCUT2D eigenvalue weighted by molar-refractivity contribution is 0.431. The van der Waals surface area contributed by atoms with Crippen molar-refractivity contribution < 1.29 is 13.9 Å². The van der Waals surface area contributed by atoms with Crippen molar-refractivity contribution in [3.8, 4) is 0 Å². The number of halogens is 2. The Balaban J connectivity index is 2.13. The lowest BCUT2D eigenvalue weighted by Gasteiger charge is -2.30. The number of allylic oxidation sites excluding steroid dienone is 1. The van der Waals surface area contributed by atoms with Crippen LogP contribution in [0.25, 0.3) is 5.70 Å². The molecule has 0 unspecified atom stereocenters. The molecule has 0 radical (unpaired) electrons. The normalized spacial score (nSPS) is 14.6. The van der Waals surface area contributed by atoms with Crippen LogP contribution in [-0.2, 0) is 0 Å². The first-order valence-electron chi connectivity index (χ1n) is 6.81. The molecule has 5 heteroatoms. The van der Waals surface area contributed by atoms with Gasteiger partial charge in [0.2, 0.25) is 0 Å². The van der Waals surface area contributed by atoms with Crippen LogP contribution >= 0.6 is 0 Å². The van der Waals surface area contributed by atoms with Crippen LogP contribution in [0.3, 0.4) is 0 Å². The van der Waals surface area contributed by atoms with Crippen molar-refractivity contribution in [1.82, 2.24) is 4.98 Å². The third kappa shape index (κ3) is 2.57. The Labute approximate surface area is 126 Å². The highest BCUT2D eigenvalue weighted by Crippen LogP contribution is 2.32. The molecule has 2 heterocycles. The van der Waals surface area contributed by atoms with Crippen molar-refractivity contribution in [2.24, 2.45) is 0 Å². The lowest BCUT2D eigenvalue weighted by Crippen LogP contribution is -2.26. The fourth-order valence-corrected chi connectivity index (χ4v) is 2.49. The molecule has 3 rings (SSSR count). The van der Waals surface area contributed by atoms with E-state index in [0.717, 1.165) is 17.3 Å². The molecule has 22 heavy (non-hydrogen) atoms. The highest BCUT2D eigenvalue weighted by Gasteiger charge is 2.22. The van der Waals surface area contributed by atoms with Crippen LogP contribution in [-0.4, -0.2) is 16.6 Å². The minimum Gasteiger partial charge on any atom is -0.506 e. The predicted molar refractivity (Wildman–Crippen MR) is 81.4 cm³/mol. The highest BCUT2D eigenvalue weighted by atomic mass is 19.1. The van der Waals surface area contributed by atoms with E-state index in [2.05, 4.69) is 4.98 Å². The van der Waals surface area contributed by atoms with Crippen LogP contribution in [0.5, 0.6) is 0 Å². The van der Waals surface area contributed by atoms with E-state index in [1.165, 1.54) is 12.1 Å². The van der Waals surface area contributed by atoms with Gasteiger partial charge in [0.05, 0.1) is 11.4 Å². The summed E-state index contributed by atoms with van der Waals surface area (Å²) in [6.45, 7) is 2.21. The molecular formula is C17H14F2N2O. The van der Waals surface area contributed by atoms with Gasteiger partial charge in [-0.05, 0) is 37.3 Å². The topological polar surface area (TPSA) is 36.4 Å². The van der Waals surface area contributed by atoms with Gasteiger partial charge in [0.1, 0.15) is 17.4 Å². The summed E-state index contributed by atoms with van der Waals surface area (Å²) < 4.78 is 27.2. The molecule has 1 aromatic heterocycles. The van der Waals surface area contributed by atoms with E-state index in [9.17, 15) is 13.9 Å². The molecule has 3 nitrogen and oxygen atoms in total. The van der Waals surface area contributed by atoms with Gasteiger partial charge in [0.25, 0.3) is 0 Å². The number of aliphatic hydroxyl groups is 1. The Morgan fingerprint density at radius 2 is 2.00 bits per heavy atom. The Kier molecular flexibility index (Phi) is 3.63. The summed E-state index contributed by atoms with van der Waals surface area (Å²) in [5, 5.41) is 10.2. The minimum atomic E-state index is -0.675. The summed E-state index contributed by atoms with van der Waals surface area (Å²) in [5.74, 6) is -1.28. The first-order chi connectivity index (χ1) is 10.6. The number of aliphatic hydroxyl groups excluding tert-OH is 1. The number of aromatic nitrogens is 1. The van der Waals surface area contributed by atoms with Crippen LogP contribution in [0, 0.1) is 18.6 Å². The molecule has 0 saturated heterocycles. The Morgan fingerprint density at radius 3 is 2.73 bits per heavy atom. The number of anilines is 1. The first kappa shape index (κ1) is 14.3. The van der Waals surface area contributed by atoms with Gasteiger partial charge in [-0.15, -0.1) is 0 Å². The average Bonchev–Trinajstić information content (AvgIpc) is 2.47. The standard InChI is InChI=1S/C17H14F2N2O/c1-11-9-12(6-7-20-11)17-16(22)3-2-8-21(17)15-5-4-13(18)10-14(15)19/h2-7,9-10,22H,8H2,1H3. The smallest absolute Gasteiger partial charge is 0.149 e. The van der Waals surface area contributed by atoms with Crippen molar-refractivity contribution in [3.05, 3.63) is 77.3 Å². The maximum Gasteiger partial charge on any atom is 0.149 e. The monoisotopic (exact) mass is 300 g/mol. The molecule has 0 bridgehead atoms. The molecule has 0 saturated carbocycles. The molecule has 1 N–H and O–H groups in total. The third-order valence-electron chi connectivity index (χ3n) is 3.45. The second-order valence-electron chi connectivity index (χ2n) is 5.03. The van der Waals surface area contributed by atoms with Crippen LogP contribution in [0.15, 0.2) is 54.4 Å². The van der Waals surface area contributed by atoms with E-state index in [4.69, 9.17) is 0 Å². The number of hydrogen-bond donors (Lipinski definition) is 1.